The first kappa shape index (κ1) is 12.9. The van der Waals surface area contributed by atoms with Gasteiger partial charge in [0.1, 0.15) is 6.54 Å². The molecule has 0 aliphatic rings. The number of aliphatic carboxylic acids is 1. The number of nitrogens with two attached hydrogens (primary N) is 1. The first-order valence-electron chi connectivity index (χ1n) is 4.19. The minimum Gasteiger partial charge on any atom is -0.480 e. The minimum absolute atomic E-state index is 0.150. The number of hydrogen-bond acceptors (Lipinski definition) is 7. The van der Waals surface area contributed by atoms with Crippen LogP contribution in [0.2, 0.25) is 0 Å². The Kier molecular flexibility index (Phi) is 4.39. The third-order valence-corrected chi connectivity index (χ3v) is 2.34. The number of imide groups is 1. The Morgan fingerprint density at radius 2 is 2.18 bits per heavy atom. The number of carboxylic acid groups (broad SMARTS) is 1. The highest BCUT2D eigenvalue weighted by Gasteiger charge is 2.12. The van der Waals surface area contributed by atoms with E-state index in [2.05, 4.69) is 15.5 Å². The average Bonchev–Trinajstić information content (AvgIpc) is 2.60. The number of carbonyl (C=O) groups is 3. The first-order valence-corrected chi connectivity index (χ1v) is 5.17. The van der Waals surface area contributed by atoms with Crippen molar-refractivity contribution in [1.82, 2.24) is 25.5 Å². The number of aromatic nitrogens is 4. The van der Waals surface area contributed by atoms with E-state index in [1.807, 2.05) is 5.32 Å². The van der Waals surface area contributed by atoms with Crippen molar-refractivity contribution >= 4 is 29.7 Å². The molecule has 0 saturated heterocycles. The van der Waals surface area contributed by atoms with Crippen LogP contribution in [0.3, 0.4) is 0 Å². The van der Waals surface area contributed by atoms with Crippen molar-refractivity contribution < 1.29 is 19.5 Å². The standard InChI is InChI=1S/C6H8N6O4S/c7-5(16)8-3(13)2-17-6-9-10-11-12(6)1-4(14)15/h1-2H2,(H,14,15)(H3,7,8,13,16). The number of primary amides is 1. The monoisotopic (exact) mass is 260 g/mol. The predicted molar refractivity (Wildman–Crippen MR) is 53.9 cm³/mol. The van der Waals surface area contributed by atoms with Crippen LogP contribution in [0.4, 0.5) is 4.79 Å². The van der Waals surface area contributed by atoms with Crippen LogP contribution >= 0.6 is 11.8 Å². The van der Waals surface area contributed by atoms with Crippen molar-refractivity contribution in [2.24, 2.45) is 5.73 Å². The molecular formula is C6H8N6O4S. The Morgan fingerprint density at radius 1 is 1.47 bits per heavy atom. The number of nitrogens with one attached hydrogen (secondary N) is 1. The second-order valence-corrected chi connectivity index (χ2v) is 3.66. The zero-order chi connectivity index (χ0) is 12.8. The predicted octanol–water partition coefficient (Wildman–Crippen LogP) is -1.96. The normalized spacial score (nSPS) is 9.88. The van der Waals surface area contributed by atoms with Gasteiger partial charge in [0, 0.05) is 0 Å². The molecule has 0 aliphatic heterocycles. The topological polar surface area (TPSA) is 153 Å². The molecule has 1 rings (SSSR count). The van der Waals surface area contributed by atoms with Gasteiger partial charge in [-0.1, -0.05) is 11.8 Å². The molecule has 10 nitrogen and oxygen atoms in total. The van der Waals surface area contributed by atoms with Gasteiger partial charge in [0.2, 0.25) is 11.1 Å². The van der Waals surface area contributed by atoms with Gasteiger partial charge < -0.3 is 10.8 Å². The van der Waals surface area contributed by atoms with Crippen LogP contribution in [0.15, 0.2) is 5.16 Å². The molecule has 0 spiro atoms. The number of thioether (sulfide) groups is 1. The molecule has 92 valence electrons. The summed E-state index contributed by atoms with van der Waals surface area (Å²) in [4.78, 5) is 31.8. The van der Waals surface area contributed by atoms with Gasteiger partial charge in [-0.3, -0.25) is 14.9 Å². The van der Waals surface area contributed by atoms with Gasteiger partial charge in [-0.2, -0.15) is 0 Å². The highest BCUT2D eigenvalue weighted by molar-refractivity contribution is 7.99. The number of rotatable bonds is 5. The molecular weight excluding hydrogens is 252 g/mol. The molecule has 3 amide bonds. The molecule has 1 heterocycles. The summed E-state index contributed by atoms with van der Waals surface area (Å²) < 4.78 is 1.02. The zero-order valence-corrected chi connectivity index (χ0v) is 9.18. The molecule has 1 aromatic heterocycles. The minimum atomic E-state index is -1.11. The van der Waals surface area contributed by atoms with Gasteiger partial charge in [0.05, 0.1) is 5.75 Å². The molecule has 0 saturated carbocycles. The highest BCUT2D eigenvalue weighted by Crippen LogP contribution is 2.12. The Bertz CT molecular complexity index is 445. The van der Waals surface area contributed by atoms with E-state index < -0.39 is 24.5 Å². The molecule has 0 aromatic carbocycles. The lowest BCUT2D eigenvalue weighted by Crippen LogP contribution is -2.36. The fraction of sp³-hybridized carbons (Fsp3) is 0.333. The van der Waals surface area contributed by atoms with Crippen LogP contribution in [-0.4, -0.2) is 49.0 Å². The lowest BCUT2D eigenvalue weighted by molar-refractivity contribution is -0.138. The molecule has 1 aromatic rings. The van der Waals surface area contributed by atoms with Gasteiger partial charge >= 0.3 is 12.0 Å². The Morgan fingerprint density at radius 3 is 2.76 bits per heavy atom. The van der Waals surface area contributed by atoms with Gasteiger partial charge in [0.15, 0.2) is 0 Å². The van der Waals surface area contributed by atoms with Crippen LogP contribution in [-0.2, 0) is 16.1 Å². The van der Waals surface area contributed by atoms with Crippen molar-refractivity contribution in [2.75, 3.05) is 5.75 Å². The number of amides is 3. The summed E-state index contributed by atoms with van der Waals surface area (Å²) in [6.45, 7) is -0.410. The second kappa shape index (κ2) is 5.79. The summed E-state index contributed by atoms with van der Waals surface area (Å²) in [6.07, 6.45) is 0. The van der Waals surface area contributed by atoms with E-state index in [0.29, 0.717) is 0 Å². The molecule has 0 fully saturated rings. The summed E-state index contributed by atoms with van der Waals surface area (Å²) in [7, 11) is 0. The number of urea groups is 1. The van der Waals surface area contributed by atoms with E-state index in [1.165, 1.54) is 0 Å². The third kappa shape index (κ3) is 4.46. The van der Waals surface area contributed by atoms with Gasteiger partial charge in [0.25, 0.3) is 0 Å². The Balaban J connectivity index is 2.51. The van der Waals surface area contributed by atoms with Crippen molar-refractivity contribution in [3.8, 4) is 0 Å². The molecule has 11 heteroatoms. The van der Waals surface area contributed by atoms with Crippen LogP contribution in [0.5, 0.6) is 0 Å². The molecule has 4 N–H and O–H groups in total. The van der Waals surface area contributed by atoms with Crippen molar-refractivity contribution in [2.45, 2.75) is 11.7 Å². The average molecular weight is 260 g/mol. The SMILES string of the molecule is NC(=O)NC(=O)CSc1nnnn1CC(=O)O. The van der Waals surface area contributed by atoms with E-state index in [9.17, 15) is 14.4 Å². The Hall–Kier alpha value is -2.17. The lowest BCUT2D eigenvalue weighted by Gasteiger charge is -2.01. The van der Waals surface area contributed by atoms with Gasteiger partial charge in [-0.15, -0.1) is 5.10 Å². The lowest BCUT2D eigenvalue weighted by atomic mass is 10.7. The summed E-state index contributed by atoms with van der Waals surface area (Å²) >= 11 is 0.889. The molecule has 0 atom stereocenters. The Labute approximate surface area is 98.5 Å². The third-order valence-electron chi connectivity index (χ3n) is 1.38. The van der Waals surface area contributed by atoms with E-state index in [4.69, 9.17) is 10.8 Å². The van der Waals surface area contributed by atoms with Crippen molar-refractivity contribution in [1.29, 1.82) is 0 Å². The summed E-state index contributed by atoms with van der Waals surface area (Å²) in [5, 5.41) is 20.8. The summed E-state index contributed by atoms with van der Waals surface area (Å²) in [5.41, 5.74) is 4.73. The molecule has 0 bridgehead atoms. The number of tetrazole rings is 1. The summed E-state index contributed by atoms with van der Waals surface area (Å²) in [6, 6.07) is -0.958. The molecule has 0 unspecified atom stereocenters. The van der Waals surface area contributed by atoms with E-state index in [0.717, 1.165) is 16.4 Å². The fourth-order valence-electron chi connectivity index (χ4n) is 0.831. The van der Waals surface area contributed by atoms with Crippen LogP contribution in [0, 0.1) is 0 Å². The van der Waals surface area contributed by atoms with E-state index in [1.54, 1.807) is 0 Å². The number of hydrogen-bond donors (Lipinski definition) is 3. The van der Waals surface area contributed by atoms with Crippen LogP contribution < -0.4 is 11.1 Å². The quantitative estimate of drug-likeness (QED) is 0.516. The molecule has 17 heavy (non-hydrogen) atoms. The zero-order valence-electron chi connectivity index (χ0n) is 8.36. The van der Waals surface area contributed by atoms with Crippen LogP contribution in [0.1, 0.15) is 0 Å². The molecule has 0 aliphatic carbocycles. The van der Waals surface area contributed by atoms with E-state index in [-0.39, 0.29) is 10.9 Å². The van der Waals surface area contributed by atoms with Crippen molar-refractivity contribution in [3.63, 3.8) is 0 Å². The smallest absolute Gasteiger partial charge is 0.325 e. The molecule has 0 radical (unpaired) electrons. The largest absolute Gasteiger partial charge is 0.480 e. The maximum Gasteiger partial charge on any atom is 0.325 e. The number of carbonyl (C=O) groups excluding carboxylic acids is 2. The maximum absolute atomic E-state index is 11.1. The summed E-state index contributed by atoms with van der Waals surface area (Å²) in [5.74, 6) is -1.88. The maximum atomic E-state index is 11.1. The number of nitrogens with zero attached hydrogens (tertiary/aromatic N) is 4. The van der Waals surface area contributed by atoms with Gasteiger partial charge in [-0.25, -0.2) is 9.48 Å². The second-order valence-electron chi connectivity index (χ2n) is 2.71. The highest BCUT2D eigenvalue weighted by atomic mass is 32.2. The van der Waals surface area contributed by atoms with E-state index >= 15 is 0 Å². The fourth-order valence-corrected chi connectivity index (χ4v) is 1.51. The van der Waals surface area contributed by atoms with Gasteiger partial charge in [-0.05, 0) is 10.4 Å². The van der Waals surface area contributed by atoms with Crippen molar-refractivity contribution in [3.05, 3.63) is 0 Å². The number of carboxylic acids is 1. The first-order chi connectivity index (χ1) is 7.99. The van der Waals surface area contributed by atoms with Crippen LogP contribution in [0.25, 0.3) is 0 Å².